The monoisotopic (exact) mass is 1130 g/mol. The third-order valence-corrected chi connectivity index (χ3v) is 12.1. The van der Waals surface area contributed by atoms with Crippen molar-refractivity contribution in [1.29, 1.82) is 0 Å². The Balaban J connectivity index is 0.0000104. The van der Waals surface area contributed by atoms with Gasteiger partial charge in [-0.3, -0.25) is 43.7 Å². The van der Waals surface area contributed by atoms with Gasteiger partial charge in [0.05, 0.1) is 51.6 Å². The van der Waals surface area contributed by atoms with Crippen LogP contribution in [-0.4, -0.2) is 193 Å². The number of benzene rings is 3. The van der Waals surface area contributed by atoms with Gasteiger partial charge in [0.15, 0.2) is 0 Å². The molecule has 4 N–H and O–H groups in total. The maximum absolute atomic E-state index is 14.8. The number of carbonyl (C=O) groups is 4. The molecule has 1 atom stereocenters. The molecule has 0 spiro atoms. The zero-order chi connectivity index (χ0) is 49.1. The average molecular weight is 1130 g/mol. The Bertz CT molecular complexity index is 2120. The van der Waals surface area contributed by atoms with Crippen molar-refractivity contribution in [2.45, 2.75) is 44.9 Å². The van der Waals surface area contributed by atoms with Crippen molar-refractivity contribution >= 4 is 36.0 Å². The Hall–Kier alpha value is -4.18. The van der Waals surface area contributed by atoms with Gasteiger partial charge in [-0.25, -0.2) is 0 Å². The standard InChI is InChI=1S/C49H64F3N5O11.Lu/c1-36-37(10-7-11-41(36)38-8-3-2-4-9-38)13-14-39-31-44(40(30-42(39)49(50,51)52)32-57-15-6-5-12-43(57)48(64)65)68-29-28-67-27-26-66-25-24-53-16-18-54(33-45(58)59)20-22-56(35-47(62)63)23-21-55(19-17-53)34-46(60)61;/h2-4,7-11,13-14,30-31,43H,5-6,12,15-29,32-35H2,1H3,(H,58,59)(H,60,61)(H,62,63)(H,64,65);/b14-13+;/t43-;/m0./s1. The first-order valence-electron chi connectivity index (χ1n) is 22.9. The van der Waals surface area contributed by atoms with Gasteiger partial charge in [-0.2, -0.15) is 13.2 Å². The number of aliphatic carboxylic acids is 4. The molecule has 2 heterocycles. The van der Waals surface area contributed by atoms with Crippen LogP contribution in [0.1, 0.15) is 47.1 Å². The van der Waals surface area contributed by atoms with E-state index in [0.717, 1.165) is 34.7 Å². The molecule has 2 aliphatic heterocycles. The maximum atomic E-state index is 14.8. The van der Waals surface area contributed by atoms with E-state index in [1.807, 2.05) is 55.5 Å². The zero-order valence-electron chi connectivity index (χ0n) is 38.8. The van der Waals surface area contributed by atoms with Gasteiger partial charge in [-0.1, -0.05) is 67.1 Å². The molecule has 69 heavy (non-hydrogen) atoms. The molecular formula is C49H64F3LuN5O11. The van der Waals surface area contributed by atoms with E-state index in [4.69, 9.17) is 14.2 Å². The SMILES string of the molecule is Cc1c(/C=C/c2cc(OCCOCCOCCN3CCN(CC(=O)O)CCN(CC(=O)O)CCN(CC(=O)O)CC3)c(CN3CCCC[C@H]3C(=O)O)cc2C(F)(F)F)cccc1-c1ccccc1.[Lu]. The molecular weight excluding hydrogens is 1070 g/mol. The second kappa shape index (κ2) is 29.2. The number of hydrogen-bond acceptors (Lipinski definition) is 12. The minimum absolute atomic E-state index is 0. The molecule has 0 aromatic heterocycles. The van der Waals surface area contributed by atoms with Gasteiger partial charge >= 0.3 is 30.1 Å². The van der Waals surface area contributed by atoms with Crippen LogP contribution in [0.25, 0.3) is 23.3 Å². The van der Waals surface area contributed by atoms with E-state index >= 15 is 0 Å². The van der Waals surface area contributed by atoms with Gasteiger partial charge in [-0.05, 0) is 66.3 Å². The van der Waals surface area contributed by atoms with E-state index in [2.05, 4.69) is 4.90 Å². The summed E-state index contributed by atoms with van der Waals surface area (Å²) in [5.74, 6) is -3.87. The molecule has 387 valence electrons. The van der Waals surface area contributed by atoms with Crippen molar-refractivity contribution in [3.05, 3.63) is 88.5 Å². The number of carboxylic acid groups (broad SMARTS) is 4. The van der Waals surface area contributed by atoms with Crippen molar-refractivity contribution in [1.82, 2.24) is 24.5 Å². The van der Waals surface area contributed by atoms with Gasteiger partial charge in [0.2, 0.25) is 0 Å². The Morgan fingerprint density at radius 3 is 1.74 bits per heavy atom. The summed E-state index contributed by atoms with van der Waals surface area (Å²) in [7, 11) is 0. The third kappa shape index (κ3) is 19.5. The molecule has 2 fully saturated rings. The van der Waals surface area contributed by atoms with Gasteiger partial charge < -0.3 is 34.6 Å². The normalized spacial score (nSPS) is 17.7. The van der Waals surface area contributed by atoms with Crippen LogP contribution >= 0.6 is 0 Å². The van der Waals surface area contributed by atoms with E-state index in [1.54, 1.807) is 25.7 Å². The summed E-state index contributed by atoms with van der Waals surface area (Å²) in [4.78, 5) is 55.8. The average Bonchev–Trinajstić information content (AvgIpc) is 3.28. The second-order valence-corrected chi connectivity index (χ2v) is 17.0. The fourth-order valence-corrected chi connectivity index (χ4v) is 8.48. The number of ether oxygens (including phenoxy) is 3. The van der Waals surface area contributed by atoms with Crippen LogP contribution in [0.4, 0.5) is 13.2 Å². The molecule has 16 nitrogen and oxygen atoms in total. The molecule has 0 amide bonds. The van der Waals surface area contributed by atoms with E-state index in [0.29, 0.717) is 84.9 Å². The minimum atomic E-state index is -4.72. The predicted molar refractivity (Wildman–Crippen MR) is 248 cm³/mol. The third-order valence-electron chi connectivity index (χ3n) is 12.1. The summed E-state index contributed by atoms with van der Waals surface area (Å²) in [5, 5.41) is 38.3. The van der Waals surface area contributed by atoms with E-state index in [-0.39, 0.29) is 106 Å². The van der Waals surface area contributed by atoms with Crippen LogP contribution in [0.5, 0.6) is 5.75 Å². The van der Waals surface area contributed by atoms with Crippen LogP contribution in [0.15, 0.2) is 60.7 Å². The van der Waals surface area contributed by atoms with Crippen molar-refractivity contribution < 1.29 is 104 Å². The van der Waals surface area contributed by atoms with Crippen molar-refractivity contribution in [2.24, 2.45) is 0 Å². The van der Waals surface area contributed by atoms with Gasteiger partial charge in [0, 0.05) is 108 Å². The number of nitrogens with zero attached hydrogens (tertiary/aromatic N) is 5. The first-order valence-corrected chi connectivity index (χ1v) is 22.9. The topological polar surface area (TPSA) is 193 Å². The zero-order valence-corrected chi connectivity index (χ0v) is 40.5. The number of hydrogen-bond donors (Lipinski definition) is 4. The molecule has 0 saturated carbocycles. The number of halogens is 3. The Morgan fingerprint density at radius 1 is 0.652 bits per heavy atom. The molecule has 2 saturated heterocycles. The molecule has 2 aliphatic rings. The van der Waals surface area contributed by atoms with Gasteiger partial charge in [-0.15, -0.1) is 0 Å². The largest absolute Gasteiger partial charge is 0.491 e. The molecule has 0 bridgehead atoms. The number of carboxylic acids is 4. The predicted octanol–water partition coefficient (Wildman–Crippen LogP) is 5.18. The molecule has 0 aliphatic carbocycles. The van der Waals surface area contributed by atoms with Crippen molar-refractivity contribution in [3.8, 4) is 16.9 Å². The van der Waals surface area contributed by atoms with Crippen molar-refractivity contribution in [2.75, 3.05) is 118 Å². The van der Waals surface area contributed by atoms with E-state index in [1.165, 1.54) is 12.1 Å². The first kappa shape index (κ1) is 57.4. The first-order chi connectivity index (χ1) is 32.6. The summed E-state index contributed by atoms with van der Waals surface area (Å²) in [5.41, 5.74) is 2.84. The summed E-state index contributed by atoms with van der Waals surface area (Å²) in [6.07, 6.45) is 0.182. The molecule has 3 aromatic carbocycles. The van der Waals surface area contributed by atoms with E-state index in [9.17, 15) is 52.8 Å². The Morgan fingerprint density at radius 2 is 1.19 bits per heavy atom. The Labute approximate surface area is 430 Å². The fourth-order valence-electron chi connectivity index (χ4n) is 8.48. The summed E-state index contributed by atoms with van der Waals surface area (Å²) in [6, 6.07) is 17.0. The minimum Gasteiger partial charge on any atom is -0.491 e. The smallest absolute Gasteiger partial charge is 0.417 e. The summed E-state index contributed by atoms with van der Waals surface area (Å²) in [6.45, 7) is 5.73. The molecule has 0 unspecified atom stereocenters. The van der Waals surface area contributed by atoms with Crippen LogP contribution in [-0.2, 0) is 41.4 Å². The van der Waals surface area contributed by atoms with Gasteiger partial charge in [0.1, 0.15) is 18.4 Å². The van der Waals surface area contributed by atoms with Crippen molar-refractivity contribution in [3.63, 3.8) is 0 Å². The van der Waals surface area contributed by atoms with E-state index < -0.39 is 41.7 Å². The molecule has 5 rings (SSSR count). The number of likely N-dealkylation sites (tertiary alicyclic amines) is 1. The number of piperidine rings is 1. The molecule has 20 heteroatoms. The fraction of sp³-hybridized carbons (Fsp3) is 0.510. The molecule has 1 radical (unpaired) electrons. The van der Waals surface area contributed by atoms with Gasteiger partial charge in [0.25, 0.3) is 0 Å². The van der Waals surface area contributed by atoms with Crippen LogP contribution in [0.2, 0.25) is 0 Å². The number of alkyl halides is 3. The van der Waals surface area contributed by atoms with Crippen LogP contribution in [0.3, 0.4) is 0 Å². The number of rotatable bonds is 22. The maximum Gasteiger partial charge on any atom is 0.417 e. The molecule has 3 aromatic rings. The quantitative estimate of drug-likeness (QED) is 0.0760. The van der Waals surface area contributed by atoms with Crippen LogP contribution < -0.4 is 4.74 Å². The summed E-state index contributed by atoms with van der Waals surface area (Å²) >= 11 is 0. The second-order valence-electron chi connectivity index (χ2n) is 17.0. The Kier molecular flexibility index (Phi) is 24.3. The summed E-state index contributed by atoms with van der Waals surface area (Å²) < 4.78 is 62.1. The van der Waals surface area contributed by atoms with Crippen LogP contribution in [0, 0.1) is 43.8 Å².